The van der Waals surface area contributed by atoms with Crippen molar-refractivity contribution in [3.8, 4) is 0 Å². The van der Waals surface area contributed by atoms with Crippen LogP contribution in [-0.2, 0) is 13.1 Å². The van der Waals surface area contributed by atoms with Crippen molar-refractivity contribution in [3.05, 3.63) is 58.3 Å². The van der Waals surface area contributed by atoms with E-state index in [9.17, 15) is 0 Å². The smallest absolute Gasteiger partial charge is 0.0364 e. The van der Waals surface area contributed by atoms with Crippen molar-refractivity contribution >= 4 is 15.9 Å². The highest BCUT2D eigenvalue weighted by molar-refractivity contribution is 9.10. The van der Waals surface area contributed by atoms with Gasteiger partial charge in [-0.1, -0.05) is 35.0 Å². The van der Waals surface area contributed by atoms with Crippen LogP contribution in [-0.4, -0.2) is 4.57 Å². The summed E-state index contributed by atoms with van der Waals surface area (Å²) in [6, 6.07) is 13.3. The molecule has 1 unspecified atom stereocenters. The number of halogens is 1. The van der Waals surface area contributed by atoms with Gasteiger partial charge in [0.2, 0.25) is 0 Å². The first-order chi connectivity index (χ1) is 9.24. The van der Waals surface area contributed by atoms with E-state index >= 15 is 0 Å². The highest BCUT2D eigenvalue weighted by Crippen LogP contribution is 2.20. The van der Waals surface area contributed by atoms with Crippen LogP contribution in [0.5, 0.6) is 0 Å². The van der Waals surface area contributed by atoms with E-state index in [0.29, 0.717) is 6.04 Å². The van der Waals surface area contributed by atoms with Crippen LogP contribution in [0.25, 0.3) is 0 Å². The molecule has 0 aliphatic heterocycles. The number of nitrogens with zero attached hydrogens (tertiary/aromatic N) is 1. The molecule has 2 rings (SSSR count). The SMILES string of the molecule is CCC(NCc1cccn1CC)c1ccc(Br)cc1. The average molecular weight is 321 g/mol. The molecule has 3 heteroatoms. The van der Waals surface area contributed by atoms with Gasteiger partial charge in [0.05, 0.1) is 0 Å². The van der Waals surface area contributed by atoms with Crippen LogP contribution in [0.1, 0.15) is 37.6 Å². The summed E-state index contributed by atoms with van der Waals surface area (Å²) < 4.78 is 3.41. The van der Waals surface area contributed by atoms with E-state index in [-0.39, 0.29) is 0 Å². The summed E-state index contributed by atoms with van der Waals surface area (Å²) in [6.45, 7) is 6.34. The van der Waals surface area contributed by atoms with Crippen molar-refractivity contribution in [2.24, 2.45) is 0 Å². The van der Waals surface area contributed by atoms with Gasteiger partial charge in [0.25, 0.3) is 0 Å². The summed E-state index contributed by atoms with van der Waals surface area (Å²) in [5, 5.41) is 3.65. The second-order valence-electron chi connectivity index (χ2n) is 4.68. The van der Waals surface area contributed by atoms with E-state index in [1.54, 1.807) is 0 Å². The van der Waals surface area contributed by atoms with E-state index in [1.807, 2.05) is 0 Å². The van der Waals surface area contributed by atoms with Crippen molar-refractivity contribution < 1.29 is 0 Å². The van der Waals surface area contributed by atoms with Crippen molar-refractivity contribution in [3.63, 3.8) is 0 Å². The molecule has 0 bridgehead atoms. The summed E-state index contributed by atoms with van der Waals surface area (Å²) in [7, 11) is 0. The Bertz CT molecular complexity index is 502. The second kappa shape index (κ2) is 6.92. The Kier molecular flexibility index (Phi) is 5.23. The van der Waals surface area contributed by atoms with Gasteiger partial charge in [-0.25, -0.2) is 0 Å². The molecular weight excluding hydrogens is 300 g/mol. The average Bonchev–Trinajstić information content (AvgIpc) is 2.89. The van der Waals surface area contributed by atoms with Gasteiger partial charge in [0.15, 0.2) is 0 Å². The quantitative estimate of drug-likeness (QED) is 0.828. The molecule has 1 aromatic carbocycles. The summed E-state index contributed by atoms with van der Waals surface area (Å²) in [5.41, 5.74) is 2.69. The van der Waals surface area contributed by atoms with E-state index in [4.69, 9.17) is 0 Å². The minimum Gasteiger partial charge on any atom is -0.351 e. The maximum atomic E-state index is 3.65. The van der Waals surface area contributed by atoms with Gasteiger partial charge in [-0.2, -0.15) is 0 Å². The van der Waals surface area contributed by atoms with Gasteiger partial charge in [0, 0.05) is 35.5 Å². The molecular formula is C16H21BrN2. The largest absolute Gasteiger partial charge is 0.351 e. The predicted octanol–water partition coefficient (Wildman–Crippen LogP) is 4.51. The van der Waals surface area contributed by atoms with Crippen LogP contribution in [0.3, 0.4) is 0 Å². The molecule has 1 aromatic heterocycles. The Labute approximate surface area is 124 Å². The predicted molar refractivity (Wildman–Crippen MR) is 84.1 cm³/mol. The van der Waals surface area contributed by atoms with Crippen molar-refractivity contribution in [1.29, 1.82) is 0 Å². The lowest BCUT2D eigenvalue weighted by molar-refractivity contribution is 0.503. The van der Waals surface area contributed by atoms with Crippen molar-refractivity contribution in [2.75, 3.05) is 0 Å². The zero-order valence-electron chi connectivity index (χ0n) is 11.6. The zero-order chi connectivity index (χ0) is 13.7. The number of hydrogen-bond acceptors (Lipinski definition) is 1. The highest BCUT2D eigenvalue weighted by Gasteiger charge is 2.09. The molecule has 0 spiro atoms. The minimum atomic E-state index is 0.410. The van der Waals surface area contributed by atoms with E-state index in [1.165, 1.54) is 11.3 Å². The molecule has 19 heavy (non-hydrogen) atoms. The summed E-state index contributed by atoms with van der Waals surface area (Å²) in [4.78, 5) is 0. The first-order valence-electron chi connectivity index (χ1n) is 6.87. The number of aryl methyl sites for hydroxylation is 1. The molecule has 0 aliphatic rings. The Morgan fingerprint density at radius 2 is 1.89 bits per heavy atom. The van der Waals surface area contributed by atoms with Crippen LogP contribution in [0.2, 0.25) is 0 Å². The van der Waals surface area contributed by atoms with Gasteiger partial charge < -0.3 is 9.88 Å². The third-order valence-electron chi connectivity index (χ3n) is 3.47. The van der Waals surface area contributed by atoms with E-state index in [2.05, 4.69) is 82.3 Å². The Balaban J connectivity index is 2.01. The van der Waals surface area contributed by atoms with Gasteiger partial charge in [-0.15, -0.1) is 0 Å². The second-order valence-corrected chi connectivity index (χ2v) is 5.59. The highest BCUT2D eigenvalue weighted by atomic mass is 79.9. The Hall–Kier alpha value is -1.06. The van der Waals surface area contributed by atoms with Gasteiger partial charge in [-0.05, 0) is 43.2 Å². The minimum absolute atomic E-state index is 0.410. The standard InChI is InChI=1S/C16H21BrN2/c1-3-16(13-7-9-14(17)10-8-13)18-12-15-6-5-11-19(15)4-2/h5-11,16,18H,3-4,12H2,1-2H3. The molecule has 1 N–H and O–H groups in total. The maximum Gasteiger partial charge on any atom is 0.0364 e. The number of nitrogens with one attached hydrogen (secondary N) is 1. The van der Waals surface area contributed by atoms with Gasteiger partial charge >= 0.3 is 0 Å². The monoisotopic (exact) mass is 320 g/mol. The fraction of sp³-hybridized carbons (Fsp3) is 0.375. The first kappa shape index (κ1) is 14.4. The number of aromatic nitrogens is 1. The fourth-order valence-electron chi connectivity index (χ4n) is 2.34. The Morgan fingerprint density at radius 1 is 1.16 bits per heavy atom. The molecule has 0 aliphatic carbocycles. The van der Waals surface area contributed by atoms with Crippen LogP contribution >= 0.6 is 15.9 Å². The van der Waals surface area contributed by atoms with Crippen LogP contribution in [0, 0.1) is 0 Å². The summed E-state index contributed by atoms with van der Waals surface area (Å²) in [5.74, 6) is 0. The van der Waals surface area contributed by atoms with E-state index in [0.717, 1.165) is 24.0 Å². The van der Waals surface area contributed by atoms with Crippen LogP contribution in [0.15, 0.2) is 47.1 Å². The lowest BCUT2D eigenvalue weighted by atomic mass is 10.0. The molecule has 0 radical (unpaired) electrons. The maximum absolute atomic E-state index is 3.65. The molecule has 0 saturated carbocycles. The number of rotatable bonds is 6. The fourth-order valence-corrected chi connectivity index (χ4v) is 2.60. The topological polar surface area (TPSA) is 17.0 Å². The molecule has 0 amide bonds. The number of benzene rings is 1. The van der Waals surface area contributed by atoms with E-state index < -0.39 is 0 Å². The molecule has 0 saturated heterocycles. The third kappa shape index (κ3) is 3.71. The van der Waals surface area contributed by atoms with Crippen molar-refractivity contribution in [1.82, 2.24) is 9.88 Å². The molecule has 0 fully saturated rings. The van der Waals surface area contributed by atoms with Gasteiger partial charge in [-0.3, -0.25) is 0 Å². The lowest BCUT2D eigenvalue weighted by Crippen LogP contribution is -2.21. The van der Waals surface area contributed by atoms with Crippen LogP contribution in [0.4, 0.5) is 0 Å². The van der Waals surface area contributed by atoms with Gasteiger partial charge in [0.1, 0.15) is 0 Å². The number of hydrogen-bond donors (Lipinski definition) is 1. The lowest BCUT2D eigenvalue weighted by Gasteiger charge is -2.18. The molecule has 2 aromatic rings. The van der Waals surface area contributed by atoms with Crippen molar-refractivity contribution in [2.45, 2.75) is 39.4 Å². The zero-order valence-corrected chi connectivity index (χ0v) is 13.2. The molecule has 2 nitrogen and oxygen atoms in total. The summed E-state index contributed by atoms with van der Waals surface area (Å²) in [6.07, 6.45) is 3.23. The molecule has 1 heterocycles. The first-order valence-corrected chi connectivity index (χ1v) is 7.66. The summed E-state index contributed by atoms with van der Waals surface area (Å²) >= 11 is 3.48. The van der Waals surface area contributed by atoms with Crippen LogP contribution < -0.4 is 5.32 Å². The normalized spacial score (nSPS) is 12.6. The molecule has 1 atom stereocenters. The third-order valence-corrected chi connectivity index (χ3v) is 4.00. The Morgan fingerprint density at radius 3 is 2.53 bits per heavy atom. The molecule has 102 valence electrons.